The Morgan fingerprint density at radius 1 is 1.04 bits per heavy atom. The van der Waals surface area contributed by atoms with Crippen molar-refractivity contribution in [2.75, 3.05) is 41.6 Å². The minimum Gasteiger partial charge on any atom is -0.492 e. The molecule has 26 heavy (non-hydrogen) atoms. The predicted molar refractivity (Wildman–Crippen MR) is 100 cm³/mol. The predicted octanol–water partition coefficient (Wildman–Crippen LogP) is 2.10. The third kappa shape index (κ3) is 4.49. The molecule has 1 rings (SSSR count). The van der Waals surface area contributed by atoms with Crippen molar-refractivity contribution in [3.63, 3.8) is 0 Å². The van der Waals surface area contributed by atoms with Gasteiger partial charge < -0.3 is 29.4 Å². The Morgan fingerprint density at radius 2 is 1.58 bits per heavy atom. The first-order chi connectivity index (χ1) is 12.5. The maximum absolute atomic E-state index is 12.4. The summed E-state index contributed by atoms with van der Waals surface area (Å²) >= 11 is 0. The van der Waals surface area contributed by atoms with Crippen molar-refractivity contribution in [1.29, 1.82) is 0 Å². The summed E-state index contributed by atoms with van der Waals surface area (Å²) in [5.74, 6) is 1.41. The highest BCUT2D eigenvalue weighted by molar-refractivity contribution is 5.99. The van der Waals surface area contributed by atoms with Gasteiger partial charge in [-0.2, -0.15) is 0 Å². The zero-order valence-corrected chi connectivity index (χ0v) is 16.0. The molecule has 7 heteroatoms. The van der Waals surface area contributed by atoms with Crippen LogP contribution in [0.25, 0.3) is 6.08 Å². The van der Waals surface area contributed by atoms with Crippen LogP contribution in [0.4, 0.5) is 0 Å². The molecule has 1 aromatic rings. The topological polar surface area (TPSA) is 86.2 Å². The molecule has 0 heterocycles. The van der Waals surface area contributed by atoms with E-state index >= 15 is 0 Å². The van der Waals surface area contributed by atoms with Crippen LogP contribution in [-0.2, 0) is 4.79 Å². The van der Waals surface area contributed by atoms with Gasteiger partial charge in [-0.3, -0.25) is 4.79 Å². The second-order valence-electron chi connectivity index (χ2n) is 5.31. The molecule has 1 aromatic carbocycles. The van der Waals surface area contributed by atoms with Crippen LogP contribution in [0, 0.1) is 6.92 Å². The van der Waals surface area contributed by atoms with Crippen LogP contribution >= 0.6 is 0 Å². The molecule has 1 amide bonds. The number of allylic oxidation sites excluding steroid dienone is 1. The zero-order chi connectivity index (χ0) is 19.7. The largest absolute Gasteiger partial charge is 0.492 e. The first-order valence-electron chi connectivity index (χ1n) is 8.07. The number of rotatable bonds is 10. The van der Waals surface area contributed by atoms with E-state index in [1.165, 1.54) is 28.4 Å². The molecule has 7 nitrogen and oxygen atoms in total. The second kappa shape index (κ2) is 10.4. The highest BCUT2D eigenvalue weighted by Crippen LogP contribution is 2.49. The molecule has 0 fully saturated rings. The highest BCUT2D eigenvalue weighted by atomic mass is 16.5. The molecule has 0 aliphatic rings. The maximum atomic E-state index is 12.4. The number of aliphatic hydroxyl groups excluding tert-OH is 1. The summed E-state index contributed by atoms with van der Waals surface area (Å²) in [6.45, 7) is 5.56. The molecule has 0 radical (unpaired) electrons. The lowest BCUT2D eigenvalue weighted by Crippen LogP contribution is -2.27. The molecule has 0 aliphatic carbocycles. The molecular formula is C19H27NO6. The SMILES string of the molecule is C=CC/C(=C\c1c(C)c(OC)c(OC)c(OC)c1OC)C(=O)NCCO. The third-order valence-electron chi connectivity index (χ3n) is 3.80. The van der Waals surface area contributed by atoms with Crippen molar-refractivity contribution in [2.45, 2.75) is 13.3 Å². The number of ether oxygens (including phenoxy) is 4. The first-order valence-corrected chi connectivity index (χ1v) is 8.07. The number of methoxy groups -OCH3 is 4. The second-order valence-corrected chi connectivity index (χ2v) is 5.31. The van der Waals surface area contributed by atoms with E-state index < -0.39 is 0 Å². The first kappa shape index (κ1) is 21.4. The van der Waals surface area contributed by atoms with E-state index in [2.05, 4.69) is 11.9 Å². The van der Waals surface area contributed by atoms with Gasteiger partial charge in [-0.15, -0.1) is 6.58 Å². The minimum atomic E-state index is -0.297. The number of carbonyl (C=O) groups excluding carboxylic acids is 1. The Labute approximate surface area is 154 Å². The molecule has 0 spiro atoms. The molecule has 0 atom stereocenters. The van der Waals surface area contributed by atoms with Crippen LogP contribution in [-0.4, -0.2) is 52.6 Å². The van der Waals surface area contributed by atoms with Crippen LogP contribution in [0.2, 0.25) is 0 Å². The average Bonchev–Trinajstić information content (AvgIpc) is 2.65. The van der Waals surface area contributed by atoms with Crippen LogP contribution in [0.1, 0.15) is 17.5 Å². The van der Waals surface area contributed by atoms with Gasteiger partial charge in [0.2, 0.25) is 17.4 Å². The summed E-state index contributed by atoms with van der Waals surface area (Å²) in [6.07, 6.45) is 3.67. The van der Waals surface area contributed by atoms with Gasteiger partial charge in [0.1, 0.15) is 0 Å². The average molecular weight is 365 g/mol. The number of amides is 1. The third-order valence-corrected chi connectivity index (χ3v) is 3.80. The molecule has 144 valence electrons. The summed E-state index contributed by atoms with van der Waals surface area (Å²) < 4.78 is 21.9. The highest BCUT2D eigenvalue weighted by Gasteiger charge is 2.25. The monoisotopic (exact) mass is 365 g/mol. The Morgan fingerprint density at radius 3 is 2.04 bits per heavy atom. The van der Waals surface area contributed by atoms with Crippen molar-refractivity contribution in [3.8, 4) is 23.0 Å². The number of carbonyl (C=O) groups is 1. The lowest BCUT2D eigenvalue weighted by atomic mass is 10.00. The van der Waals surface area contributed by atoms with Gasteiger partial charge in [0.25, 0.3) is 0 Å². The van der Waals surface area contributed by atoms with Crippen molar-refractivity contribution in [2.24, 2.45) is 0 Å². The van der Waals surface area contributed by atoms with Crippen LogP contribution in [0.3, 0.4) is 0 Å². The molecule has 2 N–H and O–H groups in total. The Bertz CT molecular complexity index is 681. The molecule has 0 aliphatic heterocycles. The number of benzene rings is 1. The van der Waals surface area contributed by atoms with Crippen molar-refractivity contribution in [1.82, 2.24) is 5.32 Å². The van der Waals surface area contributed by atoms with Gasteiger partial charge in [0, 0.05) is 23.2 Å². The van der Waals surface area contributed by atoms with Gasteiger partial charge in [0.05, 0.1) is 35.0 Å². The Kier molecular flexibility index (Phi) is 8.51. The fourth-order valence-electron chi connectivity index (χ4n) is 2.61. The van der Waals surface area contributed by atoms with E-state index in [4.69, 9.17) is 24.1 Å². The van der Waals surface area contributed by atoms with Crippen molar-refractivity contribution < 1.29 is 28.8 Å². The van der Waals surface area contributed by atoms with Crippen LogP contribution < -0.4 is 24.3 Å². The number of aliphatic hydroxyl groups is 1. The van der Waals surface area contributed by atoms with Gasteiger partial charge >= 0.3 is 0 Å². The van der Waals surface area contributed by atoms with Gasteiger partial charge in [0.15, 0.2) is 11.5 Å². The summed E-state index contributed by atoms with van der Waals surface area (Å²) in [5.41, 5.74) is 1.83. The van der Waals surface area contributed by atoms with E-state index in [1.54, 1.807) is 12.2 Å². The molecular weight excluding hydrogens is 338 g/mol. The quantitative estimate of drug-likeness (QED) is 0.488. The van der Waals surface area contributed by atoms with E-state index in [-0.39, 0.29) is 19.1 Å². The van der Waals surface area contributed by atoms with E-state index in [0.717, 1.165) is 5.56 Å². The van der Waals surface area contributed by atoms with Crippen molar-refractivity contribution in [3.05, 3.63) is 29.4 Å². The normalized spacial score (nSPS) is 10.9. The zero-order valence-electron chi connectivity index (χ0n) is 16.0. The lowest BCUT2D eigenvalue weighted by molar-refractivity contribution is -0.117. The Balaban J connectivity index is 3.67. The van der Waals surface area contributed by atoms with E-state index in [1.807, 2.05) is 6.92 Å². The van der Waals surface area contributed by atoms with Gasteiger partial charge in [-0.1, -0.05) is 6.08 Å². The summed E-state index contributed by atoms with van der Waals surface area (Å²) in [6, 6.07) is 0. The summed E-state index contributed by atoms with van der Waals surface area (Å²) in [7, 11) is 6.06. The number of hydrogen-bond acceptors (Lipinski definition) is 6. The standard InChI is InChI=1S/C19H27NO6/c1-7-8-13(19(22)20-9-10-21)11-14-12(2)15(23-3)17(25-5)18(26-6)16(14)24-4/h7,11,21H,1,8-10H2,2-6H3,(H,20,22)/b13-11+. The molecule has 0 aromatic heterocycles. The lowest BCUT2D eigenvalue weighted by Gasteiger charge is -2.20. The summed E-state index contributed by atoms with van der Waals surface area (Å²) in [4.78, 5) is 12.4. The number of nitrogens with one attached hydrogen (secondary N) is 1. The smallest absolute Gasteiger partial charge is 0.247 e. The molecule has 0 bridgehead atoms. The number of hydrogen-bond donors (Lipinski definition) is 2. The maximum Gasteiger partial charge on any atom is 0.247 e. The van der Waals surface area contributed by atoms with Gasteiger partial charge in [-0.25, -0.2) is 0 Å². The Hall–Kier alpha value is -2.67. The van der Waals surface area contributed by atoms with E-state index in [9.17, 15) is 4.79 Å². The fourth-order valence-corrected chi connectivity index (χ4v) is 2.61. The van der Waals surface area contributed by atoms with Gasteiger partial charge in [-0.05, 0) is 19.4 Å². The van der Waals surface area contributed by atoms with Crippen LogP contribution in [0.15, 0.2) is 18.2 Å². The molecule has 0 saturated carbocycles. The van der Waals surface area contributed by atoms with E-state index in [0.29, 0.717) is 40.6 Å². The molecule has 0 saturated heterocycles. The van der Waals surface area contributed by atoms with Crippen LogP contribution in [0.5, 0.6) is 23.0 Å². The molecule has 0 unspecified atom stereocenters. The minimum absolute atomic E-state index is 0.139. The fraction of sp³-hybridized carbons (Fsp3) is 0.421. The summed E-state index contributed by atoms with van der Waals surface area (Å²) in [5, 5.41) is 11.6. The van der Waals surface area contributed by atoms with Crippen molar-refractivity contribution >= 4 is 12.0 Å².